The molecule has 0 aromatic rings. The molecule has 0 aromatic carbocycles. The van der Waals surface area contributed by atoms with E-state index < -0.39 is 16.4 Å². The second kappa shape index (κ2) is 6.93. The molecule has 0 atom stereocenters. The van der Waals surface area contributed by atoms with E-state index in [9.17, 15) is 9.59 Å². The molecule has 3 heteroatoms. The third-order valence-electron chi connectivity index (χ3n) is 3.85. The van der Waals surface area contributed by atoms with E-state index in [0.29, 0.717) is 6.42 Å². The lowest BCUT2D eigenvalue weighted by Crippen LogP contribution is -2.41. The topological polar surface area (TPSA) is 43.4 Å². The van der Waals surface area contributed by atoms with E-state index in [-0.39, 0.29) is 17.7 Å². The van der Waals surface area contributed by atoms with Crippen molar-refractivity contribution >= 4 is 11.8 Å². The molecule has 21 heavy (non-hydrogen) atoms. The molecule has 0 heterocycles. The Labute approximate surface area is 130 Å². The molecule has 0 N–H and O–H groups in total. The van der Waals surface area contributed by atoms with E-state index in [1.54, 1.807) is 0 Å². The Morgan fingerprint density at radius 2 is 1.43 bits per heavy atom. The Hall–Kier alpha value is -0.860. The molecule has 124 valence electrons. The highest BCUT2D eigenvalue weighted by Crippen LogP contribution is 2.38. The van der Waals surface area contributed by atoms with Crippen LogP contribution in [0.3, 0.4) is 0 Å². The maximum absolute atomic E-state index is 12.5. The summed E-state index contributed by atoms with van der Waals surface area (Å²) in [5.74, 6) is -0.0508. The average molecular weight is 298 g/mol. The van der Waals surface area contributed by atoms with Crippen LogP contribution in [0.4, 0.5) is 0 Å². The predicted molar refractivity (Wildman–Crippen MR) is 87.1 cm³/mol. The molecule has 0 aromatic heterocycles. The fourth-order valence-corrected chi connectivity index (χ4v) is 3.09. The van der Waals surface area contributed by atoms with E-state index in [2.05, 4.69) is 6.92 Å². The lowest BCUT2D eigenvalue weighted by Gasteiger charge is -2.36. The summed E-state index contributed by atoms with van der Waals surface area (Å²) < 4.78 is 5.68. The van der Waals surface area contributed by atoms with Crippen LogP contribution in [0, 0.1) is 16.7 Å². The van der Waals surface area contributed by atoms with Crippen molar-refractivity contribution < 1.29 is 14.3 Å². The van der Waals surface area contributed by atoms with Gasteiger partial charge in [-0.25, -0.2) is 0 Å². The standard InChI is InChI=1S/C18H34O3/c1-10-11-18(8,9)21-15(20)17(6,7)12-16(4,5)14(19)13(2)3/h13H,10-12H2,1-9H3. The van der Waals surface area contributed by atoms with Crippen LogP contribution in [0.1, 0.15) is 81.6 Å². The second-order valence-electron chi connectivity index (χ2n) is 8.36. The smallest absolute Gasteiger partial charge is 0.312 e. The van der Waals surface area contributed by atoms with Crippen LogP contribution in [0.15, 0.2) is 0 Å². The fourth-order valence-electron chi connectivity index (χ4n) is 3.09. The van der Waals surface area contributed by atoms with Crippen LogP contribution >= 0.6 is 0 Å². The monoisotopic (exact) mass is 298 g/mol. The number of hydrogen-bond acceptors (Lipinski definition) is 3. The Morgan fingerprint density at radius 1 is 0.952 bits per heavy atom. The minimum atomic E-state index is -0.668. The molecule has 0 rings (SSSR count). The number of ether oxygens (including phenoxy) is 1. The van der Waals surface area contributed by atoms with Crippen molar-refractivity contribution in [2.24, 2.45) is 16.7 Å². The van der Waals surface area contributed by atoms with Crippen molar-refractivity contribution in [1.29, 1.82) is 0 Å². The first kappa shape index (κ1) is 20.1. The van der Waals surface area contributed by atoms with Crippen LogP contribution in [0.5, 0.6) is 0 Å². The maximum Gasteiger partial charge on any atom is 0.312 e. The zero-order chi connectivity index (χ0) is 17.1. The molecule has 0 saturated heterocycles. The summed E-state index contributed by atoms with van der Waals surface area (Å²) in [6.07, 6.45) is 2.30. The third kappa shape index (κ3) is 6.19. The van der Waals surface area contributed by atoms with Crippen LogP contribution in [-0.2, 0) is 14.3 Å². The highest BCUT2D eigenvalue weighted by molar-refractivity contribution is 5.87. The van der Waals surface area contributed by atoms with E-state index in [1.807, 2.05) is 55.4 Å². The quantitative estimate of drug-likeness (QED) is 0.606. The lowest BCUT2D eigenvalue weighted by atomic mass is 9.70. The van der Waals surface area contributed by atoms with Crippen molar-refractivity contribution in [3.63, 3.8) is 0 Å². The number of Topliss-reactive ketones (excluding diaryl/α,β-unsaturated/α-hetero) is 1. The van der Waals surface area contributed by atoms with Gasteiger partial charge in [-0.1, -0.05) is 41.0 Å². The molecule has 0 bridgehead atoms. The average Bonchev–Trinajstić information content (AvgIpc) is 2.25. The van der Waals surface area contributed by atoms with E-state index in [0.717, 1.165) is 12.8 Å². The van der Waals surface area contributed by atoms with Gasteiger partial charge in [0.25, 0.3) is 0 Å². The summed E-state index contributed by atoms with van der Waals surface area (Å²) in [5, 5.41) is 0. The van der Waals surface area contributed by atoms with Gasteiger partial charge in [0.2, 0.25) is 0 Å². The normalized spacial score (nSPS) is 13.4. The molecule has 0 fully saturated rings. The van der Waals surface area contributed by atoms with Crippen molar-refractivity contribution in [1.82, 2.24) is 0 Å². The number of ketones is 1. The molecular formula is C18H34O3. The van der Waals surface area contributed by atoms with E-state index in [1.165, 1.54) is 0 Å². The van der Waals surface area contributed by atoms with Crippen LogP contribution in [-0.4, -0.2) is 17.4 Å². The van der Waals surface area contributed by atoms with Gasteiger partial charge in [0.15, 0.2) is 0 Å². The molecule has 3 nitrogen and oxygen atoms in total. The van der Waals surface area contributed by atoms with Crippen LogP contribution < -0.4 is 0 Å². The summed E-state index contributed by atoms with van der Waals surface area (Å²) in [7, 11) is 0. The van der Waals surface area contributed by atoms with Crippen LogP contribution in [0.2, 0.25) is 0 Å². The Balaban J connectivity index is 4.97. The largest absolute Gasteiger partial charge is 0.459 e. The molecule has 0 saturated carbocycles. The Bertz CT molecular complexity index is 376. The number of esters is 1. The molecule has 0 aliphatic carbocycles. The number of hydrogen-bond donors (Lipinski definition) is 0. The number of carbonyl (C=O) groups is 2. The molecule has 0 aliphatic rings. The molecular weight excluding hydrogens is 264 g/mol. The molecule has 0 radical (unpaired) electrons. The minimum absolute atomic E-state index is 0.0247. The van der Waals surface area contributed by atoms with Crippen LogP contribution in [0.25, 0.3) is 0 Å². The first-order valence-corrected chi connectivity index (χ1v) is 8.03. The Kier molecular flexibility index (Phi) is 6.65. The van der Waals surface area contributed by atoms with Gasteiger partial charge in [-0.3, -0.25) is 9.59 Å². The van der Waals surface area contributed by atoms with Crippen molar-refractivity contribution in [2.45, 2.75) is 87.2 Å². The van der Waals surface area contributed by atoms with Crippen molar-refractivity contribution in [3.8, 4) is 0 Å². The second-order valence-corrected chi connectivity index (χ2v) is 8.36. The molecule has 0 spiro atoms. The zero-order valence-corrected chi connectivity index (χ0v) is 15.4. The van der Waals surface area contributed by atoms with Gasteiger partial charge in [0.1, 0.15) is 11.4 Å². The van der Waals surface area contributed by atoms with Crippen molar-refractivity contribution in [2.75, 3.05) is 0 Å². The van der Waals surface area contributed by atoms with Crippen molar-refractivity contribution in [3.05, 3.63) is 0 Å². The van der Waals surface area contributed by atoms with Gasteiger partial charge in [-0.15, -0.1) is 0 Å². The molecule has 0 unspecified atom stereocenters. The molecule has 0 amide bonds. The SMILES string of the molecule is CCCC(C)(C)OC(=O)C(C)(C)CC(C)(C)C(=O)C(C)C. The first-order valence-electron chi connectivity index (χ1n) is 8.03. The fraction of sp³-hybridized carbons (Fsp3) is 0.889. The maximum atomic E-state index is 12.5. The van der Waals surface area contributed by atoms with E-state index >= 15 is 0 Å². The summed E-state index contributed by atoms with van der Waals surface area (Å²) >= 11 is 0. The minimum Gasteiger partial charge on any atom is -0.459 e. The summed E-state index contributed by atoms with van der Waals surface area (Å²) in [6.45, 7) is 17.3. The zero-order valence-electron chi connectivity index (χ0n) is 15.4. The first-order chi connectivity index (χ1) is 9.25. The van der Waals surface area contributed by atoms with Gasteiger partial charge >= 0.3 is 5.97 Å². The Morgan fingerprint density at radius 3 is 1.81 bits per heavy atom. The highest BCUT2D eigenvalue weighted by Gasteiger charge is 2.41. The van der Waals surface area contributed by atoms with Gasteiger partial charge < -0.3 is 4.74 Å². The van der Waals surface area contributed by atoms with Gasteiger partial charge in [0.05, 0.1) is 5.41 Å². The lowest BCUT2D eigenvalue weighted by molar-refractivity contribution is -0.170. The van der Waals surface area contributed by atoms with Gasteiger partial charge in [0, 0.05) is 11.3 Å². The van der Waals surface area contributed by atoms with E-state index in [4.69, 9.17) is 4.74 Å². The summed E-state index contributed by atoms with van der Waals surface area (Å²) in [4.78, 5) is 24.8. The predicted octanol–water partition coefficient (Wildman–Crippen LogP) is 4.78. The number of rotatable bonds is 8. The van der Waals surface area contributed by atoms with Gasteiger partial charge in [-0.05, 0) is 40.5 Å². The summed E-state index contributed by atoms with van der Waals surface area (Å²) in [5.41, 5.74) is -1.64. The highest BCUT2D eigenvalue weighted by atomic mass is 16.6. The molecule has 0 aliphatic heterocycles. The third-order valence-corrected chi connectivity index (χ3v) is 3.85. The number of carbonyl (C=O) groups excluding carboxylic acids is 2. The summed E-state index contributed by atoms with van der Waals surface area (Å²) in [6, 6.07) is 0. The van der Waals surface area contributed by atoms with Gasteiger partial charge in [-0.2, -0.15) is 0 Å².